The lowest BCUT2D eigenvalue weighted by atomic mass is 10.2. The topological polar surface area (TPSA) is 62.1 Å². The van der Waals surface area contributed by atoms with E-state index in [1.165, 1.54) is 7.11 Å². The molecule has 102 valence electrons. The van der Waals surface area contributed by atoms with E-state index in [4.69, 9.17) is 16.9 Å². The minimum Gasteiger partial charge on any atom is -0.469 e. The van der Waals surface area contributed by atoms with Crippen LogP contribution in [0.5, 0.6) is 0 Å². The van der Waals surface area contributed by atoms with Crippen LogP contribution in [0, 0.1) is 11.3 Å². The summed E-state index contributed by atoms with van der Waals surface area (Å²) in [5, 5.41) is 12.4. The van der Waals surface area contributed by atoms with Crippen LogP contribution in [-0.4, -0.2) is 19.6 Å². The molecule has 4 nitrogen and oxygen atoms in total. The highest BCUT2D eigenvalue weighted by atomic mass is 35.5. The molecular weight excluding hydrogens is 264 g/mol. The van der Waals surface area contributed by atoms with Gasteiger partial charge in [0.25, 0.3) is 0 Å². The van der Waals surface area contributed by atoms with E-state index in [2.05, 4.69) is 10.1 Å². The molecule has 0 radical (unpaired) electrons. The molecule has 1 aromatic carbocycles. The number of ether oxygens (including phenoxy) is 1. The Morgan fingerprint density at radius 1 is 1.42 bits per heavy atom. The molecule has 0 saturated heterocycles. The van der Waals surface area contributed by atoms with Gasteiger partial charge in [-0.15, -0.1) is 0 Å². The van der Waals surface area contributed by atoms with E-state index in [0.717, 1.165) is 31.5 Å². The summed E-state index contributed by atoms with van der Waals surface area (Å²) in [6, 6.07) is 7.29. The van der Waals surface area contributed by atoms with Crippen molar-refractivity contribution in [3.63, 3.8) is 0 Å². The summed E-state index contributed by atoms with van der Waals surface area (Å²) < 4.78 is 4.57. The van der Waals surface area contributed by atoms with Gasteiger partial charge in [-0.3, -0.25) is 4.79 Å². The number of carbonyl (C=O) groups excluding carboxylic acids is 1. The minimum atomic E-state index is -0.160. The maximum atomic E-state index is 10.9. The van der Waals surface area contributed by atoms with Crippen molar-refractivity contribution in [2.75, 3.05) is 19.0 Å². The molecule has 0 aliphatic carbocycles. The molecule has 0 saturated carbocycles. The number of nitriles is 1. The van der Waals surface area contributed by atoms with E-state index in [-0.39, 0.29) is 5.97 Å². The molecule has 0 aliphatic rings. The standard InChI is InChI=1S/C14H17ClN2O2/c1-19-14(18)5-3-2-4-8-17-12-7-6-11(10-16)13(15)9-12/h6-7,9,17H,2-5,8H2,1H3. The average molecular weight is 281 g/mol. The van der Waals surface area contributed by atoms with Gasteiger partial charge < -0.3 is 10.1 Å². The van der Waals surface area contributed by atoms with Gasteiger partial charge in [0.2, 0.25) is 0 Å². The molecule has 5 heteroatoms. The van der Waals surface area contributed by atoms with E-state index in [1.807, 2.05) is 12.1 Å². The van der Waals surface area contributed by atoms with Crippen LogP contribution in [-0.2, 0) is 9.53 Å². The summed E-state index contributed by atoms with van der Waals surface area (Å²) in [5.41, 5.74) is 1.38. The summed E-state index contributed by atoms with van der Waals surface area (Å²) >= 11 is 5.93. The summed E-state index contributed by atoms with van der Waals surface area (Å²) in [4.78, 5) is 10.9. The van der Waals surface area contributed by atoms with E-state index in [0.29, 0.717) is 17.0 Å². The Balaban J connectivity index is 2.21. The summed E-state index contributed by atoms with van der Waals surface area (Å²) in [6.45, 7) is 0.809. The Kier molecular flexibility index (Phi) is 6.76. The summed E-state index contributed by atoms with van der Waals surface area (Å²) in [6.07, 6.45) is 3.24. The third-order valence-corrected chi connectivity index (χ3v) is 3.02. The van der Waals surface area contributed by atoms with Gasteiger partial charge in [0.1, 0.15) is 6.07 Å². The Labute approximate surface area is 118 Å². The van der Waals surface area contributed by atoms with Gasteiger partial charge in [0, 0.05) is 18.7 Å². The number of esters is 1. The maximum absolute atomic E-state index is 10.9. The maximum Gasteiger partial charge on any atom is 0.305 e. The smallest absolute Gasteiger partial charge is 0.305 e. The molecule has 0 unspecified atom stereocenters. The van der Waals surface area contributed by atoms with Crippen LogP contribution in [0.25, 0.3) is 0 Å². The van der Waals surface area contributed by atoms with Gasteiger partial charge in [-0.25, -0.2) is 0 Å². The van der Waals surface area contributed by atoms with Crippen LogP contribution in [0.4, 0.5) is 5.69 Å². The average Bonchev–Trinajstić information content (AvgIpc) is 2.42. The summed E-state index contributed by atoms with van der Waals surface area (Å²) in [5.74, 6) is -0.160. The van der Waals surface area contributed by atoms with Crippen molar-refractivity contribution in [3.8, 4) is 6.07 Å². The van der Waals surface area contributed by atoms with Crippen LogP contribution in [0.1, 0.15) is 31.2 Å². The first-order valence-corrected chi connectivity index (χ1v) is 6.55. The first kappa shape index (κ1) is 15.3. The Morgan fingerprint density at radius 2 is 2.21 bits per heavy atom. The van der Waals surface area contributed by atoms with Crippen molar-refractivity contribution in [1.29, 1.82) is 5.26 Å². The van der Waals surface area contributed by atoms with E-state index in [1.54, 1.807) is 12.1 Å². The second-order valence-electron chi connectivity index (χ2n) is 4.12. The van der Waals surface area contributed by atoms with Crippen molar-refractivity contribution >= 4 is 23.3 Å². The van der Waals surface area contributed by atoms with Crippen LogP contribution >= 0.6 is 11.6 Å². The third-order valence-electron chi connectivity index (χ3n) is 2.70. The quantitative estimate of drug-likeness (QED) is 0.614. The number of nitrogens with one attached hydrogen (secondary N) is 1. The van der Waals surface area contributed by atoms with E-state index in [9.17, 15) is 4.79 Å². The van der Waals surface area contributed by atoms with Gasteiger partial charge in [0.05, 0.1) is 17.7 Å². The number of unbranched alkanes of at least 4 members (excludes halogenated alkanes) is 2. The molecule has 0 heterocycles. The molecule has 0 amide bonds. The largest absolute Gasteiger partial charge is 0.469 e. The lowest BCUT2D eigenvalue weighted by Crippen LogP contribution is -2.03. The van der Waals surface area contributed by atoms with E-state index >= 15 is 0 Å². The van der Waals surface area contributed by atoms with Crippen molar-refractivity contribution in [1.82, 2.24) is 0 Å². The van der Waals surface area contributed by atoms with Gasteiger partial charge in [-0.05, 0) is 31.0 Å². The SMILES string of the molecule is COC(=O)CCCCCNc1ccc(C#N)c(Cl)c1. The fourth-order valence-electron chi connectivity index (χ4n) is 1.62. The van der Waals surface area contributed by atoms with Gasteiger partial charge in [-0.1, -0.05) is 18.0 Å². The van der Waals surface area contributed by atoms with Crippen molar-refractivity contribution in [2.45, 2.75) is 25.7 Å². The molecule has 0 spiro atoms. The zero-order valence-corrected chi connectivity index (χ0v) is 11.7. The van der Waals surface area contributed by atoms with Crippen molar-refractivity contribution in [2.24, 2.45) is 0 Å². The molecule has 1 rings (SSSR count). The fraction of sp³-hybridized carbons (Fsp3) is 0.429. The highest BCUT2D eigenvalue weighted by Gasteiger charge is 2.01. The van der Waals surface area contributed by atoms with E-state index < -0.39 is 0 Å². The predicted octanol–water partition coefficient (Wildman–Crippen LogP) is 3.36. The number of hydrogen-bond donors (Lipinski definition) is 1. The summed E-state index contributed by atoms with van der Waals surface area (Å²) in [7, 11) is 1.40. The number of benzene rings is 1. The first-order valence-electron chi connectivity index (χ1n) is 6.17. The Hall–Kier alpha value is -1.73. The Bertz CT molecular complexity index is 469. The van der Waals surface area contributed by atoms with Gasteiger partial charge in [-0.2, -0.15) is 5.26 Å². The molecule has 0 aliphatic heterocycles. The number of anilines is 1. The highest BCUT2D eigenvalue weighted by molar-refractivity contribution is 6.32. The molecular formula is C14H17ClN2O2. The second kappa shape index (κ2) is 8.39. The Morgan fingerprint density at radius 3 is 2.84 bits per heavy atom. The number of hydrogen-bond acceptors (Lipinski definition) is 4. The number of nitrogens with zero attached hydrogens (tertiary/aromatic N) is 1. The normalized spacial score (nSPS) is 9.74. The molecule has 0 atom stereocenters. The number of methoxy groups -OCH3 is 1. The number of halogens is 1. The molecule has 0 bridgehead atoms. The van der Waals surface area contributed by atoms with Crippen molar-refractivity contribution < 1.29 is 9.53 Å². The zero-order valence-electron chi connectivity index (χ0n) is 10.9. The first-order chi connectivity index (χ1) is 9.17. The number of carbonyl (C=O) groups is 1. The molecule has 19 heavy (non-hydrogen) atoms. The zero-order chi connectivity index (χ0) is 14.1. The predicted molar refractivity (Wildman–Crippen MR) is 75.1 cm³/mol. The molecule has 1 N–H and O–H groups in total. The number of rotatable bonds is 7. The minimum absolute atomic E-state index is 0.160. The molecule has 0 aromatic heterocycles. The second-order valence-corrected chi connectivity index (χ2v) is 4.53. The molecule has 1 aromatic rings. The molecule has 0 fully saturated rings. The highest BCUT2D eigenvalue weighted by Crippen LogP contribution is 2.20. The third kappa shape index (κ3) is 5.62. The van der Waals surface area contributed by atoms with Crippen molar-refractivity contribution in [3.05, 3.63) is 28.8 Å². The van der Waals surface area contributed by atoms with Gasteiger partial charge >= 0.3 is 5.97 Å². The van der Waals surface area contributed by atoms with Crippen LogP contribution in [0.15, 0.2) is 18.2 Å². The lowest BCUT2D eigenvalue weighted by Gasteiger charge is -2.07. The van der Waals surface area contributed by atoms with Crippen LogP contribution in [0.2, 0.25) is 5.02 Å². The van der Waals surface area contributed by atoms with Gasteiger partial charge in [0.15, 0.2) is 0 Å². The van der Waals surface area contributed by atoms with Crippen LogP contribution in [0.3, 0.4) is 0 Å². The lowest BCUT2D eigenvalue weighted by molar-refractivity contribution is -0.140. The van der Waals surface area contributed by atoms with Crippen LogP contribution < -0.4 is 5.32 Å². The monoisotopic (exact) mass is 280 g/mol. The fourth-order valence-corrected chi connectivity index (χ4v) is 1.84.